The Kier molecular flexibility index (Phi) is 4.08. The first-order chi connectivity index (χ1) is 9.02. The van der Waals surface area contributed by atoms with E-state index in [0.717, 1.165) is 18.0 Å². The van der Waals surface area contributed by atoms with E-state index in [4.69, 9.17) is 0 Å². The van der Waals surface area contributed by atoms with E-state index in [1.165, 1.54) is 19.0 Å². The second-order valence-corrected chi connectivity index (χ2v) is 5.53. The molecule has 0 amide bonds. The molecular weight excluding hydrogens is 240 g/mol. The summed E-state index contributed by atoms with van der Waals surface area (Å²) in [5, 5.41) is 12.6. The first-order valence-corrected chi connectivity index (χ1v) is 6.99. The van der Waals surface area contributed by atoms with Crippen molar-refractivity contribution in [1.82, 2.24) is 4.98 Å². The van der Waals surface area contributed by atoms with Crippen molar-refractivity contribution in [2.24, 2.45) is 11.8 Å². The van der Waals surface area contributed by atoms with Crippen LogP contribution in [0.5, 0.6) is 0 Å². The fraction of sp³-hybridized carbons (Fsp3) is 0.600. The number of carboxylic acid groups (broad SMARTS) is 1. The smallest absolute Gasteiger partial charge is 0.339 e. The molecule has 1 aliphatic rings. The Morgan fingerprint density at radius 2 is 2.26 bits per heavy atom. The highest BCUT2D eigenvalue weighted by atomic mass is 16.4. The second-order valence-electron chi connectivity index (χ2n) is 5.53. The highest BCUT2D eigenvalue weighted by Crippen LogP contribution is 2.36. The predicted molar refractivity (Wildman–Crippen MR) is 75.5 cm³/mol. The average molecular weight is 262 g/mol. The van der Waals surface area contributed by atoms with Crippen LogP contribution in [0.2, 0.25) is 0 Å². The Hall–Kier alpha value is -1.58. The van der Waals surface area contributed by atoms with E-state index in [1.807, 2.05) is 13.0 Å². The zero-order chi connectivity index (χ0) is 14.0. The maximum absolute atomic E-state index is 11.2. The Morgan fingerprint density at radius 3 is 2.84 bits per heavy atom. The summed E-state index contributed by atoms with van der Waals surface area (Å²) in [6, 6.07) is 2.19. The maximum Gasteiger partial charge on any atom is 0.339 e. The van der Waals surface area contributed by atoms with Gasteiger partial charge in [-0.15, -0.1) is 0 Å². The number of aromatic nitrogens is 1. The number of aromatic carboxylic acids is 1. The number of hydrogen-bond donors (Lipinski definition) is 2. The molecule has 1 heterocycles. The lowest BCUT2D eigenvalue weighted by Gasteiger charge is -2.23. The fourth-order valence-corrected chi connectivity index (χ4v) is 3.08. The predicted octanol–water partition coefficient (Wildman–Crippen LogP) is 3.32. The maximum atomic E-state index is 11.2. The third-order valence-corrected chi connectivity index (χ3v) is 4.36. The summed E-state index contributed by atoms with van der Waals surface area (Å²) >= 11 is 0. The SMILES string of the molecule is CCC1CCC(Nc2cc(C)ncc2C(=O)O)C1C. The van der Waals surface area contributed by atoms with Crippen molar-refractivity contribution in [3.8, 4) is 0 Å². The molecule has 1 fully saturated rings. The van der Waals surface area contributed by atoms with Gasteiger partial charge in [-0.3, -0.25) is 4.98 Å². The van der Waals surface area contributed by atoms with E-state index in [-0.39, 0.29) is 5.56 Å². The first-order valence-electron chi connectivity index (χ1n) is 6.99. The lowest BCUT2D eigenvalue weighted by molar-refractivity contribution is 0.0697. The molecule has 0 saturated heterocycles. The van der Waals surface area contributed by atoms with Crippen LogP contribution in [0.15, 0.2) is 12.3 Å². The Labute approximate surface area is 114 Å². The van der Waals surface area contributed by atoms with Crippen LogP contribution in [0, 0.1) is 18.8 Å². The largest absolute Gasteiger partial charge is 0.478 e. The molecule has 1 aromatic rings. The molecule has 3 unspecified atom stereocenters. The van der Waals surface area contributed by atoms with Crippen LogP contribution in [0.1, 0.15) is 49.2 Å². The number of carbonyl (C=O) groups is 1. The van der Waals surface area contributed by atoms with Crippen LogP contribution in [0.25, 0.3) is 0 Å². The quantitative estimate of drug-likeness (QED) is 0.873. The summed E-state index contributed by atoms with van der Waals surface area (Å²) in [5.41, 5.74) is 1.80. The van der Waals surface area contributed by atoms with E-state index in [0.29, 0.717) is 17.6 Å². The van der Waals surface area contributed by atoms with Crippen molar-refractivity contribution in [2.75, 3.05) is 5.32 Å². The summed E-state index contributed by atoms with van der Waals surface area (Å²) in [6.07, 6.45) is 4.97. The van der Waals surface area contributed by atoms with Crippen LogP contribution in [-0.2, 0) is 0 Å². The van der Waals surface area contributed by atoms with Gasteiger partial charge in [0, 0.05) is 17.9 Å². The van der Waals surface area contributed by atoms with Gasteiger partial charge in [0.1, 0.15) is 5.56 Å². The van der Waals surface area contributed by atoms with Crippen molar-refractivity contribution in [1.29, 1.82) is 0 Å². The monoisotopic (exact) mass is 262 g/mol. The zero-order valence-electron chi connectivity index (χ0n) is 11.8. The third-order valence-electron chi connectivity index (χ3n) is 4.36. The standard InChI is InChI=1S/C15H22N2O2/c1-4-11-5-6-13(10(11)3)17-14-7-9(2)16-8-12(14)15(18)19/h7-8,10-11,13H,4-6H2,1-3H3,(H,16,17)(H,18,19). The Balaban J connectivity index is 2.19. The van der Waals surface area contributed by atoms with Crippen molar-refractivity contribution >= 4 is 11.7 Å². The molecule has 4 nitrogen and oxygen atoms in total. The molecule has 0 radical (unpaired) electrons. The third kappa shape index (κ3) is 2.88. The molecule has 19 heavy (non-hydrogen) atoms. The molecule has 3 atom stereocenters. The molecule has 0 spiro atoms. The number of carboxylic acids is 1. The van der Waals surface area contributed by atoms with Crippen molar-refractivity contribution < 1.29 is 9.90 Å². The van der Waals surface area contributed by atoms with Crippen LogP contribution in [-0.4, -0.2) is 22.1 Å². The van der Waals surface area contributed by atoms with Gasteiger partial charge in [-0.25, -0.2) is 4.79 Å². The van der Waals surface area contributed by atoms with Gasteiger partial charge in [0.15, 0.2) is 0 Å². The van der Waals surface area contributed by atoms with E-state index in [2.05, 4.69) is 24.1 Å². The zero-order valence-corrected chi connectivity index (χ0v) is 11.8. The molecule has 0 aromatic carbocycles. The van der Waals surface area contributed by atoms with Gasteiger partial charge in [0.25, 0.3) is 0 Å². The van der Waals surface area contributed by atoms with Crippen LogP contribution < -0.4 is 5.32 Å². The normalized spacial score (nSPS) is 26.4. The Morgan fingerprint density at radius 1 is 1.53 bits per heavy atom. The number of hydrogen-bond acceptors (Lipinski definition) is 3. The van der Waals surface area contributed by atoms with Crippen LogP contribution in [0.3, 0.4) is 0 Å². The van der Waals surface area contributed by atoms with Gasteiger partial charge in [-0.05, 0) is 37.7 Å². The topological polar surface area (TPSA) is 62.2 Å². The molecule has 2 rings (SSSR count). The van der Waals surface area contributed by atoms with Crippen molar-refractivity contribution in [2.45, 2.75) is 46.1 Å². The molecule has 4 heteroatoms. The highest BCUT2D eigenvalue weighted by molar-refractivity contribution is 5.93. The van der Waals surface area contributed by atoms with Gasteiger partial charge in [-0.1, -0.05) is 20.3 Å². The van der Waals surface area contributed by atoms with E-state index < -0.39 is 5.97 Å². The van der Waals surface area contributed by atoms with Gasteiger partial charge < -0.3 is 10.4 Å². The minimum Gasteiger partial charge on any atom is -0.478 e. The first kappa shape index (κ1) is 13.8. The van der Waals surface area contributed by atoms with Crippen LogP contribution >= 0.6 is 0 Å². The Bertz CT molecular complexity index is 473. The highest BCUT2D eigenvalue weighted by Gasteiger charge is 2.32. The number of pyridine rings is 1. The number of anilines is 1. The summed E-state index contributed by atoms with van der Waals surface area (Å²) < 4.78 is 0. The number of aryl methyl sites for hydroxylation is 1. The van der Waals surface area contributed by atoms with Gasteiger partial charge in [0.2, 0.25) is 0 Å². The lowest BCUT2D eigenvalue weighted by atomic mass is 9.93. The molecule has 1 saturated carbocycles. The molecule has 1 aromatic heterocycles. The summed E-state index contributed by atoms with van der Waals surface area (Å²) in [6.45, 7) is 6.36. The van der Waals surface area contributed by atoms with Gasteiger partial charge in [0.05, 0.1) is 5.69 Å². The number of nitrogens with zero attached hydrogens (tertiary/aromatic N) is 1. The molecule has 104 valence electrons. The minimum atomic E-state index is -0.923. The van der Waals surface area contributed by atoms with E-state index >= 15 is 0 Å². The minimum absolute atomic E-state index is 0.262. The van der Waals surface area contributed by atoms with Crippen molar-refractivity contribution in [3.63, 3.8) is 0 Å². The summed E-state index contributed by atoms with van der Waals surface area (Å²) in [7, 11) is 0. The fourth-order valence-electron chi connectivity index (χ4n) is 3.08. The molecule has 1 aliphatic carbocycles. The van der Waals surface area contributed by atoms with E-state index in [9.17, 15) is 9.90 Å². The van der Waals surface area contributed by atoms with Gasteiger partial charge in [-0.2, -0.15) is 0 Å². The van der Waals surface area contributed by atoms with Crippen molar-refractivity contribution in [3.05, 3.63) is 23.5 Å². The number of rotatable bonds is 4. The summed E-state index contributed by atoms with van der Waals surface area (Å²) in [5.74, 6) is 0.404. The van der Waals surface area contributed by atoms with Gasteiger partial charge >= 0.3 is 5.97 Å². The van der Waals surface area contributed by atoms with Crippen LogP contribution in [0.4, 0.5) is 5.69 Å². The average Bonchev–Trinajstić information content (AvgIpc) is 2.70. The molecular formula is C15H22N2O2. The number of nitrogens with one attached hydrogen (secondary N) is 1. The van der Waals surface area contributed by atoms with E-state index in [1.54, 1.807) is 0 Å². The molecule has 2 N–H and O–H groups in total. The molecule has 0 aliphatic heterocycles. The lowest BCUT2D eigenvalue weighted by Crippen LogP contribution is -2.25. The summed E-state index contributed by atoms with van der Waals surface area (Å²) in [4.78, 5) is 15.3. The molecule has 0 bridgehead atoms. The second kappa shape index (κ2) is 5.59.